The second-order valence-electron chi connectivity index (χ2n) is 8.90. The number of piperazine rings is 1. The molecule has 2 aromatic rings. The lowest BCUT2D eigenvalue weighted by molar-refractivity contribution is 0.0303. The van der Waals surface area contributed by atoms with Gasteiger partial charge in [-0.1, -0.05) is 30.9 Å². The summed E-state index contributed by atoms with van der Waals surface area (Å²) < 4.78 is 5.44. The quantitative estimate of drug-likeness (QED) is 0.723. The Balaban J connectivity index is 1.45. The topological polar surface area (TPSA) is 48.9 Å². The molecule has 5 rings (SSSR count). The van der Waals surface area contributed by atoms with E-state index in [4.69, 9.17) is 16.3 Å². The highest BCUT2D eigenvalue weighted by molar-refractivity contribution is 6.31. The Morgan fingerprint density at radius 1 is 1.00 bits per heavy atom. The number of carbonyl (C=O) groups is 1. The Hall–Kier alpha value is -1.89. The number of amides is 1. The van der Waals surface area contributed by atoms with Crippen LogP contribution in [0.15, 0.2) is 24.4 Å². The third kappa shape index (κ3) is 4.38. The summed E-state index contributed by atoms with van der Waals surface area (Å²) in [5.41, 5.74) is 2.56. The molecule has 3 fully saturated rings. The molecule has 0 spiro atoms. The summed E-state index contributed by atoms with van der Waals surface area (Å²) in [6, 6.07) is 6.50. The van der Waals surface area contributed by atoms with E-state index in [-0.39, 0.29) is 5.91 Å². The monoisotopic (exact) mass is 442 g/mol. The molecule has 3 aliphatic rings. The maximum atomic E-state index is 13.5. The van der Waals surface area contributed by atoms with Crippen molar-refractivity contribution in [1.82, 2.24) is 14.8 Å². The smallest absolute Gasteiger partial charge is 0.257 e. The first-order chi connectivity index (χ1) is 15.2. The zero-order chi connectivity index (χ0) is 21.2. The fourth-order valence-electron chi connectivity index (χ4n) is 5.34. The van der Waals surface area contributed by atoms with E-state index in [0.29, 0.717) is 36.9 Å². The second-order valence-corrected chi connectivity index (χ2v) is 9.34. The minimum atomic E-state index is 0.0439. The van der Waals surface area contributed by atoms with Crippen LogP contribution < -0.4 is 4.90 Å². The molecule has 1 amide bonds. The van der Waals surface area contributed by atoms with Crippen molar-refractivity contribution in [3.8, 4) is 0 Å². The van der Waals surface area contributed by atoms with Gasteiger partial charge in [0.1, 0.15) is 0 Å². The van der Waals surface area contributed by atoms with E-state index in [1.165, 1.54) is 32.1 Å². The van der Waals surface area contributed by atoms with E-state index >= 15 is 0 Å². The number of rotatable bonds is 3. The fourth-order valence-corrected chi connectivity index (χ4v) is 5.51. The van der Waals surface area contributed by atoms with Crippen LogP contribution in [-0.4, -0.2) is 79.2 Å². The molecule has 0 bridgehead atoms. The number of aromatic nitrogens is 1. The molecular formula is C24H31ClN4O2. The average molecular weight is 443 g/mol. The molecule has 1 saturated carbocycles. The van der Waals surface area contributed by atoms with Crippen LogP contribution in [0.1, 0.15) is 42.5 Å². The summed E-state index contributed by atoms with van der Waals surface area (Å²) in [5.74, 6) is 0.0439. The maximum Gasteiger partial charge on any atom is 0.257 e. The first-order valence-corrected chi connectivity index (χ1v) is 12.0. The summed E-state index contributed by atoms with van der Waals surface area (Å²) in [4.78, 5) is 25.0. The van der Waals surface area contributed by atoms with Gasteiger partial charge in [0, 0.05) is 61.9 Å². The summed E-state index contributed by atoms with van der Waals surface area (Å²) in [7, 11) is 0. The first kappa shape index (κ1) is 21.0. The molecule has 0 atom stereocenters. The Morgan fingerprint density at radius 3 is 2.48 bits per heavy atom. The van der Waals surface area contributed by atoms with Crippen LogP contribution in [0.5, 0.6) is 0 Å². The lowest BCUT2D eigenvalue weighted by Gasteiger charge is -2.42. The molecule has 1 aromatic carbocycles. The lowest BCUT2D eigenvalue weighted by atomic mass is 9.93. The Bertz CT molecular complexity index is 933. The maximum absolute atomic E-state index is 13.5. The number of nitrogens with zero attached hydrogens (tertiary/aromatic N) is 4. The number of benzene rings is 1. The van der Waals surface area contributed by atoms with Crippen LogP contribution in [0.2, 0.25) is 5.02 Å². The van der Waals surface area contributed by atoms with Crippen LogP contribution in [0.4, 0.5) is 5.69 Å². The molecule has 166 valence electrons. The third-order valence-electron chi connectivity index (χ3n) is 7.05. The highest BCUT2D eigenvalue weighted by atomic mass is 35.5. The minimum Gasteiger partial charge on any atom is -0.378 e. The number of fused-ring (bicyclic) bond motifs is 1. The average Bonchev–Trinajstić information content (AvgIpc) is 2.84. The van der Waals surface area contributed by atoms with Crippen molar-refractivity contribution in [1.29, 1.82) is 0 Å². The number of anilines is 1. The van der Waals surface area contributed by atoms with Crippen molar-refractivity contribution >= 4 is 34.1 Å². The normalized spacial score (nSPS) is 21.6. The van der Waals surface area contributed by atoms with Crippen molar-refractivity contribution in [2.24, 2.45) is 0 Å². The van der Waals surface area contributed by atoms with Crippen LogP contribution >= 0.6 is 11.6 Å². The molecule has 7 heteroatoms. The summed E-state index contributed by atoms with van der Waals surface area (Å²) in [6.07, 6.45) is 8.51. The number of morpholine rings is 1. The van der Waals surface area contributed by atoms with Gasteiger partial charge in [0.25, 0.3) is 5.91 Å². The molecule has 0 N–H and O–H groups in total. The van der Waals surface area contributed by atoms with Gasteiger partial charge in [0.05, 0.1) is 30.0 Å². The van der Waals surface area contributed by atoms with Gasteiger partial charge in [-0.05, 0) is 31.0 Å². The zero-order valence-corrected chi connectivity index (χ0v) is 18.8. The van der Waals surface area contributed by atoms with E-state index in [2.05, 4.69) is 14.8 Å². The Morgan fingerprint density at radius 2 is 1.74 bits per heavy atom. The van der Waals surface area contributed by atoms with Crippen molar-refractivity contribution < 1.29 is 9.53 Å². The van der Waals surface area contributed by atoms with Crippen molar-refractivity contribution in [2.75, 3.05) is 57.4 Å². The Kier molecular flexibility index (Phi) is 6.30. The third-order valence-corrected chi connectivity index (χ3v) is 7.29. The summed E-state index contributed by atoms with van der Waals surface area (Å²) in [6.45, 7) is 6.36. The molecule has 0 unspecified atom stereocenters. The van der Waals surface area contributed by atoms with Crippen molar-refractivity contribution in [3.05, 3.63) is 35.0 Å². The highest BCUT2D eigenvalue weighted by Gasteiger charge is 2.30. The number of hydrogen-bond donors (Lipinski definition) is 0. The molecule has 2 saturated heterocycles. The van der Waals surface area contributed by atoms with Gasteiger partial charge >= 0.3 is 0 Å². The van der Waals surface area contributed by atoms with Gasteiger partial charge in [-0.3, -0.25) is 14.7 Å². The lowest BCUT2D eigenvalue weighted by Crippen LogP contribution is -2.51. The summed E-state index contributed by atoms with van der Waals surface area (Å²) >= 11 is 6.37. The SMILES string of the molecule is O=C(c1cnc2ccc(Cl)cc2c1N1CCN(C2CCCCC2)CC1)N1CCOCC1. The van der Waals surface area contributed by atoms with Crippen LogP contribution in [0.25, 0.3) is 10.9 Å². The van der Waals surface area contributed by atoms with Crippen molar-refractivity contribution in [2.45, 2.75) is 38.1 Å². The van der Waals surface area contributed by atoms with E-state index in [1.807, 2.05) is 23.1 Å². The summed E-state index contributed by atoms with van der Waals surface area (Å²) in [5, 5.41) is 1.64. The largest absolute Gasteiger partial charge is 0.378 e. The van der Waals surface area contributed by atoms with Gasteiger partial charge in [0.15, 0.2) is 0 Å². The van der Waals surface area contributed by atoms with Gasteiger partial charge < -0.3 is 14.5 Å². The predicted octanol–water partition coefficient (Wildman–Crippen LogP) is 3.82. The second kappa shape index (κ2) is 9.31. The number of halogens is 1. The number of pyridine rings is 1. The molecule has 3 heterocycles. The zero-order valence-electron chi connectivity index (χ0n) is 18.1. The van der Waals surface area contributed by atoms with Crippen LogP contribution in [-0.2, 0) is 4.74 Å². The van der Waals surface area contributed by atoms with Gasteiger partial charge in [-0.15, -0.1) is 0 Å². The van der Waals surface area contributed by atoms with Crippen LogP contribution in [0, 0.1) is 0 Å². The molecule has 2 aliphatic heterocycles. The molecule has 0 radical (unpaired) electrons. The molecule has 6 nitrogen and oxygen atoms in total. The number of ether oxygens (including phenoxy) is 1. The predicted molar refractivity (Wildman–Crippen MR) is 124 cm³/mol. The van der Waals surface area contributed by atoms with Crippen LogP contribution in [0.3, 0.4) is 0 Å². The van der Waals surface area contributed by atoms with E-state index in [0.717, 1.165) is 48.8 Å². The number of carbonyl (C=O) groups excluding carboxylic acids is 1. The van der Waals surface area contributed by atoms with E-state index < -0.39 is 0 Å². The van der Waals surface area contributed by atoms with Gasteiger partial charge in [-0.2, -0.15) is 0 Å². The fraction of sp³-hybridized carbons (Fsp3) is 0.583. The molecular weight excluding hydrogens is 412 g/mol. The van der Waals surface area contributed by atoms with Gasteiger partial charge in [0.2, 0.25) is 0 Å². The Labute approximate surface area is 189 Å². The highest BCUT2D eigenvalue weighted by Crippen LogP contribution is 2.34. The molecule has 1 aromatic heterocycles. The standard InChI is InChI=1S/C24H31ClN4O2/c25-18-6-7-22-20(16-18)23(21(17-26-22)24(30)29-12-14-31-15-13-29)28-10-8-27(9-11-28)19-4-2-1-3-5-19/h6-7,16-17,19H,1-5,8-15H2. The minimum absolute atomic E-state index is 0.0439. The molecule has 31 heavy (non-hydrogen) atoms. The number of hydrogen-bond acceptors (Lipinski definition) is 5. The van der Waals surface area contributed by atoms with Gasteiger partial charge in [-0.25, -0.2) is 0 Å². The van der Waals surface area contributed by atoms with E-state index in [9.17, 15) is 4.79 Å². The molecule has 1 aliphatic carbocycles. The van der Waals surface area contributed by atoms with E-state index in [1.54, 1.807) is 6.20 Å². The van der Waals surface area contributed by atoms with Crippen molar-refractivity contribution in [3.63, 3.8) is 0 Å². The first-order valence-electron chi connectivity index (χ1n) is 11.6.